The van der Waals surface area contributed by atoms with E-state index in [1.165, 1.54) is 0 Å². The second kappa shape index (κ2) is 10.0. The van der Waals surface area contributed by atoms with Crippen molar-refractivity contribution in [2.75, 3.05) is 13.7 Å². The quantitative estimate of drug-likeness (QED) is 0.483. The van der Waals surface area contributed by atoms with Crippen molar-refractivity contribution in [2.45, 2.75) is 77.4 Å². The molecule has 0 aliphatic heterocycles. The lowest BCUT2D eigenvalue weighted by Gasteiger charge is -2.31. The van der Waals surface area contributed by atoms with Crippen LogP contribution in [0.15, 0.2) is 18.6 Å². The minimum absolute atomic E-state index is 0.107. The molecule has 1 amide bonds. The number of amides is 1. The number of pyridine rings is 1. The van der Waals surface area contributed by atoms with Gasteiger partial charge in [-0.3, -0.25) is 9.89 Å². The fourth-order valence-electron chi connectivity index (χ4n) is 4.90. The Kier molecular flexibility index (Phi) is 7.09. The minimum Gasteiger partial charge on any atom is -0.383 e. The standard InChI is InChI=1S/C24H35N7O2/c1-14(2)20-21(17-10-15(3)23-25-13-26-31(23)11-17)29-30-22(20)24(32)28-19-8-6-18(7-9-19)27-16(4)12-33-5/h10-11,13-14,16,18-19,27H,6-9,12H2,1-5H3,(H,28,32)(H,29,30)/t16?,18-,19+. The summed E-state index contributed by atoms with van der Waals surface area (Å²) in [6.07, 6.45) is 7.47. The maximum absolute atomic E-state index is 13.2. The highest BCUT2D eigenvalue weighted by Gasteiger charge is 2.27. The Morgan fingerprint density at radius 1 is 1.24 bits per heavy atom. The lowest BCUT2D eigenvalue weighted by atomic mass is 9.90. The Morgan fingerprint density at radius 3 is 2.67 bits per heavy atom. The molecule has 3 heterocycles. The number of hydrogen-bond acceptors (Lipinski definition) is 6. The number of carbonyl (C=O) groups excluding carboxylic acids is 1. The molecule has 1 aliphatic carbocycles. The highest BCUT2D eigenvalue weighted by molar-refractivity contribution is 5.96. The molecule has 0 bridgehead atoms. The molecule has 9 nitrogen and oxygen atoms in total. The molecule has 4 rings (SSSR count). The second-order valence-corrected chi connectivity index (χ2v) is 9.50. The van der Waals surface area contributed by atoms with Gasteiger partial charge in [-0.15, -0.1) is 0 Å². The Morgan fingerprint density at radius 2 is 1.97 bits per heavy atom. The van der Waals surface area contributed by atoms with Gasteiger partial charge >= 0.3 is 0 Å². The van der Waals surface area contributed by atoms with Gasteiger partial charge in [-0.1, -0.05) is 13.8 Å². The Bertz CT molecular complexity index is 1100. The smallest absolute Gasteiger partial charge is 0.272 e. The van der Waals surface area contributed by atoms with Gasteiger partial charge in [0.05, 0.1) is 12.3 Å². The summed E-state index contributed by atoms with van der Waals surface area (Å²) < 4.78 is 6.98. The van der Waals surface area contributed by atoms with E-state index in [9.17, 15) is 4.79 Å². The van der Waals surface area contributed by atoms with E-state index < -0.39 is 0 Å². The fraction of sp³-hybridized carbons (Fsp3) is 0.583. The van der Waals surface area contributed by atoms with Crippen molar-refractivity contribution >= 4 is 11.6 Å². The van der Waals surface area contributed by atoms with Crippen LogP contribution >= 0.6 is 0 Å². The number of ether oxygens (including phenoxy) is 1. The van der Waals surface area contributed by atoms with E-state index in [1.54, 1.807) is 18.0 Å². The van der Waals surface area contributed by atoms with Crippen LogP contribution in [0.3, 0.4) is 0 Å². The van der Waals surface area contributed by atoms with Crippen LogP contribution in [0.1, 0.15) is 74.0 Å². The van der Waals surface area contributed by atoms with Crippen LogP contribution in [0, 0.1) is 6.92 Å². The van der Waals surface area contributed by atoms with E-state index in [0.29, 0.717) is 24.4 Å². The number of carbonyl (C=O) groups is 1. The van der Waals surface area contributed by atoms with Crippen LogP contribution in [0.25, 0.3) is 16.9 Å². The maximum Gasteiger partial charge on any atom is 0.272 e. The molecule has 0 aromatic carbocycles. The molecule has 3 N–H and O–H groups in total. The zero-order chi connectivity index (χ0) is 23.5. The van der Waals surface area contributed by atoms with Crippen molar-refractivity contribution in [1.29, 1.82) is 0 Å². The van der Waals surface area contributed by atoms with E-state index in [0.717, 1.165) is 53.7 Å². The minimum atomic E-state index is -0.107. The number of aromatic amines is 1. The largest absolute Gasteiger partial charge is 0.383 e. The molecule has 3 aromatic heterocycles. The lowest BCUT2D eigenvalue weighted by molar-refractivity contribution is 0.0915. The van der Waals surface area contributed by atoms with Crippen LogP contribution < -0.4 is 10.6 Å². The topological polar surface area (TPSA) is 109 Å². The Hall–Kier alpha value is -2.78. The van der Waals surface area contributed by atoms with Gasteiger partial charge in [-0.2, -0.15) is 10.2 Å². The van der Waals surface area contributed by atoms with Crippen molar-refractivity contribution in [1.82, 2.24) is 35.4 Å². The number of rotatable bonds is 8. The summed E-state index contributed by atoms with van der Waals surface area (Å²) in [5.74, 6) is 0.0253. The van der Waals surface area contributed by atoms with Crippen LogP contribution in [0.5, 0.6) is 0 Å². The number of aryl methyl sites for hydroxylation is 1. The summed E-state index contributed by atoms with van der Waals surface area (Å²) in [4.78, 5) is 17.5. The van der Waals surface area contributed by atoms with Gasteiger partial charge in [0.2, 0.25) is 0 Å². The number of nitrogens with zero attached hydrogens (tertiary/aromatic N) is 4. The Labute approximate surface area is 194 Å². The van der Waals surface area contributed by atoms with Gasteiger partial charge in [-0.05, 0) is 57.1 Å². The van der Waals surface area contributed by atoms with Crippen molar-refractivity contribution in [3.8, 4) is 11.3 Å². The van der Waals surface area contributed by atoms with E-state index >= 15 is 0 Å². The van der Waals surface area contributed by atoms with E-state index in [1.807, 2.05) is 13.1 Å². The molecule has 0 saturated heterocycles. The third-order valence-corrected chi connectivity index (χ3v) is 6.44. The van der Waals surface area contributed by atoms with Crippen LogP contribution in [0.4, 0.5) is 0 Å². The van der Waals surface area contributed by atoms with Gasteiger partial charge < -0.3 is 15.4 Å². The SMILES string of the molecule is COCC(C)N[C@H]1CC[C@@H](NC(=O)c2n[nH]c(-c3cc(C)c4ncnn4c3)c2C(C)C)CC1. The molecule has 1 unspecified atom stereocenters. The zero-order valence-electron chi connectivity index (χ0n) is 20.2. The number of nitrogens with one attached hydrogen (secondary N) is 3. The van der Waals surface area contributed by atoms with Crippen molar-refractivity contribution in [3.05, 3.63) is 35.4 Å². The summed E-state index contributed by atoms with van der Waals surface area (Å²) in [6, 6.07) is 3.04. The normalized spacial score (nSPS) is 19.8. The molecule has 33 heavy (non-hydrogen) atoms. The lowest BCUT2D eigenvalue weighted by Crippen LogP contribution is -2.45. The molecule has 1 saturated carbocycles. The van der Waals surface area contributed by atoms with Crippen molar-refractivity contribution in [2.24, 2.45) is 0 Å². The molecule has 178 valence electrons. The molecule has 9 heteroatoms. The first-order valence-corrected chi connectivity index (χ1v) is 11.8. The molecule has 0 radical (unpaired) electrons. The summed E-state index contributed by atoms with van der Waals surface area (Å²) >= 11 is 0. The number of aromatic nitrogens is 5. The fourth-order valence-corrected chi connectivity index (χ4v) is 4.90. The summed E-state index contributed by atoms with van der Waals surface area (Å²) in [6.45, 7) is 9.03. The summed E-state index contributed by atoms with van der Waals surface area (Å²) in [5.41, 5.74) is 5.04. The molecule has 1 fully saturated rings. The molecule has 1 atom stereocenters. The molecule has 3 aromatic rings. The van der Waals surface area contributed by atoms with Crippen molar-refractivity contribution in [3.63, 3.8) is 0 Å². The number of H-pyrrole nitrogens is 1. The van der Waals surface area contributed by atoms with Gasteiger partial charge in [-0.25, -0.2) is 9.50 Å². The van der Waals surface area contributed by atoms with Crippen LogP contribution in [-0.4, -0.2) is 62.5 Å². The first kappa shape index (κ1) is 23.4. The van der Waals surface area contributed by atoms with E-state index in [2.05, 4.69) is 57.8 Å². The molecule has 0 spiro atoms. The predicted molar refractivity (Wildman–Crippen MR) is 127 cm³/mol. The zero-order valence-corrected chi connectivity index (χ0v) is 20.2. The number of hydrogen-bond donors (Lipinski definition) is 3. The third-order valence-electron chi connectivity index (χ3n) is 6.44. The predicted octanol–water partition coefficient (Wildman–Crippen LogP) is 3.22. The van der Waals surface area contributed by atoms with Crippen LogP contribution in [-0.2, 0) is 4.74 Å². The number of fused-ring (bicyclic) bond motifs is 1. The van der Waals surface area contributed by atoms with E-state index in [4.69, 9.17) is 4.74 Å². The Balaban J connectivity index is 1.47. The number of methoxy groups -OCH3 is 1. The highest BCUT2D eigenvalue weighted by atomic mass is 16.5. The first-order valence-electron chi connectivity index (χ1n) is 11.8. The molecular formula is C24H35N7O2. The first-order chi connectivity index (χ1) is 15.9. The maximum atomic E-state index is 13.2. The summed E-state index contributed by atoms with van der Waals surface area (Å²) in [5, 5.41) is 18.7. The average Bonchev–Trinajstić information content (AvgIpc) is 3.42. The van der Waals surface area contributed by atoms with Gasteiger partial charge in [0.15, 0.2) is 11.3 Å². The van der Waals surface area contributed by atoms with Gasteiger partial charge in [0, 0.05) is 42.6 Å². The van der Waals surface area contributed by atoms with Crippen molar-refractivity contribution < 1.29 is 9.53 Å². The summed E-state index contributed by atoms with van der Waals surface area (Å²) in [7, 11) is 1.73. The van der Waals surface area contributed by atoms with Gasteiger partial charge in [0.25, 0.3) is 5.91 Å². The second-order valence-electron chi connectivity index (χ2n) is 9.50. The highest BCUT2D eigenvalue weighted by Crippen LogP contribution is 2.31. The average molecular weight is 454 g/mol. The van der Waals surface area contributed by atoms with E-state index in [-0.39, 0.29) is 17.9 Å². The third kappa shape index (κ3) is 5.09. The molecular weight excluding hydrogens is 418 g/mol. The van der Waals surface area contributed by atoms with Crippen LogP contribution in [0.2, 0.25) is 0 Å². The molecule has 1 aliphatic rings. The van der Waals surface area contributed by atoms with Gasteiger partial charge in [0.1, 0.15) is 6.33 Å². The monoisotopic (exact) mass is 453 g/mol.